The van der Waals surface area contributed by atoms with E-state index < -0.39 is 0 Å². The zero-order chi connectivity index (χ0) is 6.57. The molecular formula is C4H10N3O-. The second-order valence-electron chi connectivity index (χ2n) is 1.39. The van der Waals surface area contributed by atoms with E-state index in [1.807, 2.05) is 0 Å². The van der Waals surface area contributed by atoms with E-state index in [0.717, 1.165) is 0 Å². The number of nitrogens with zero attached hydrogens (tertiary/aromatic N) is 2. The summed E-state index contributed by atoms with van der Waals surface area (Å²) in [5, 5.41) is 10.9. The first-order valence-electron chi connectivity index (χ1n) is 2.30. The normalized spacial score (nSPS) is 11.8. The quantitative estimate of drug-likeness (QED) is 0.292. The highest BCUT2D eigenvalue weighted by atomic mass is 16.5. The van der Waals surface area contributed by atoms with Crippen molar-refractivity contribution in [1.82, 2.24) is 5.06 Å². The molecule has 0 aliphatic rings. The Kier molecular flexibility index (Phi) is 3.14. The van der Waals surface area contributed by atoms with Crippen molar-refractivity contribution in [2.24, 2.45) is 10.7 Å². The molecule has 0 unspecified atom stereocenters. The smallest absolute Gasteiger partial charge is 0.0879 e. The Morgan fingerprint density at radius 2 is 2.38 bits per heavy atom. The number of aliphatic imine (C=N–C) groups is 1. The largest absolute Gasteiger partial charge is 0.758 e. The summed E-state index contributed by atoms with van der Waals surface area (Å²) in [6.07, 6.45) is 0. The van der Waals surface area contributed by atoms with Crippen LogP contribution in [0.15, 0.2) is 4.99 Å². The molecule has 0 saturated carbocycles. The third-order valence-electron chi connectivity index (χ3n) is 0.776. The molecule has 4 heteroatoms. The predicted molar refractivity (Wildman–Crippen MR) is 33.3 cm³/mol. The van der Waals surface area contributed by atoms with Crippen molar-refractivity contribution < 1.29 is 0 Å². The van der Waals surface area contributed by atoms with Crippen molar-refractivity contribution in [3.05, 3.63) is 5.21 Å². The van der Waals surface area contributed by atoms with Crippen molar-refractivity contribution in [2.75, 3.05) is 13.7 Å². The molecule has 0 aromatic carbocycles. The number of hydroxylamine groups is 2. The molecule has 0 amide bonds. The van der Waals surface area contributed by atoms with Gasteiger partial charge in [0.1, 0.15) is 0 Å². The third-order valence-corrected chi connectivity index (χ3v) is 0.776. The topological polar surface area (TPSA) is 64.7 Å². The van der Waals surface area contributed by atoms with Crippen molar-refractivity contribution in [3.8, 4) is 0 Å². The van der Waals surface area contributed by atoms with Crippen molar-refractivity contribution in [1.29, 1.82) is 0 Å². The summed E-state index contributed by atoms with van der Waals surface area (Å²) < 4.78 is 0. The van der Waals surface area contributed by atoms with Crippen LogP contribution in [0.3, 0.4) is 0 Å². The highest BCUT2D eigenvalue weighted by Gasteiger charge is 1.81. The van der Waals surface area contributed by atoms with E-state index >= 15 is 0 Å². The van der Waals surface area contributed by atoms with Crippen LogP contribution in [0.25, 0.3) is 0 Å². The van der Waals surface area contributed by atoms with Gasteiger partial charge in [-0.2, -0.15) is 0 Å². The molecule has 4 nitrogen and oxygen atoms in total. The first-order chi connectivity index (χ1) is 3.68. The van der Waals surface area contributed by atoms with Crippen LogP contribution < -0.4 is 5.73 Å². The molecule has 0 radical (unpaired) electrons. The van der Waals surface area contributed by atoms with Gasteiger partial charge in [0.05, 0.1) is 12.5 Å². The van der Waals surface area contributed by atoms with Crippen LogP contribution in [0.4, 0.5) is 0 Å². The zero-order valence-corrected chi connectivity index (χ0v) is 5.09. The van der Waals surface area contributed by atoms with E-state index in [1.165, 1.54) is 7.05 Å². The fraction of sp³-hybridized carbons (Fsp3) is 0.750. The average Bonchev–Trinajstić information content (AvgIpc) is 1.67. The summed E-state index contributed by atoms with van der Waals surface area (Å²) >= 11 is 0. The Morgan fingerprint density at radius 1 is 1.88 bits per heavy atom. The van der Waals surface area contributed by atoms with Crippen molar-refractivity contribution in [3.63, 3.8) is 0 Å². The first-order valence-corrected chi connectivity index (χ1v) is 2.30. The summed E-state index contributed by atoms with van der Waals surface area (Å²) in [6.45, 7) is 1.79. The van der Waals surface area contributed by atoms with Gasteiger partial charge >= 0.3 is 0 Å². The van der Waals surface area contributed by atoms with Crippen LogP contribution in [-0.4, -0.2) is 24.6 Å². The molecule has 0 aromatic rings. The van der Waals surface area contributed by atoms with Gasteiger partial charge in [-0.05, 0) is 14.0 Å². The van der Waals surface area contributed by atoms with E-state index in [4.69, 9.17) is 5.73 Å². The SMILES string of the molecule is CC(=NCN)N(C)[O-]. The fourth-order valence-corrected chi connectivity index (χ4v) is 0.232. The van der Waals surface area contributed by atoms with E-state index in [0.29, 0.717) is 10.9 Å². The minimum Gasteiger partial charge on any atom is -0.758 e. The molecule has 0 bridgehead atoms. The van der Waals surface area contributed by atoms with E-state index in [2.05, 4.69) is 4.99 Å². The fourth-order valence-electron chi connectivity index (χ4n) is 0.232. The molecule has 8 heavy (non-hydrogen) atoms. The average molecular weight is 116 g/mol. The van der Waals surface area contributed by atoms with Crippen molar-refractivity contribution in [2.45, 2.75) is 6.92 Å². The van der Waals surface area contributed by atoms with Gasteiger partial charge in [0.15, 0.2) is 0 Å². The molecule has 0 aromatic heterocycles. The molecule has 0 fully saturated rings. The molecule has 2 N–H and O–H groups in total. The molecule has 0 heterocycles. The molecule has 0 spiro atoms. The molecule has 0 aliphatic heterocycles. The van der Waals surface area contributed by atoms with E-state index in [1.54, 1.807) is 6.92 Å². The zero-order valence-electron chi connectivity index (χ0n) is 5.09. The Morgan fingerprint density at radius 3 is 2.50 bits per heavy atom. The molecule has 0 aliphatic carbocycles. The number of nitrogens with two attached hydrogens (primary N) is 1. The summed E-state index contributed by atoms with van der Waals surface area (Å²) in [4.78, 5) is 3.63. The van der Waals surface area contributed by atoms with Crippen LogP contribution in [-0.2, 0) is 0 Å². The summed E-state index contributed by atoms with van der Waals surface area (Å²) in [5.41, 5.74) is 5.01. The minimum absolute atomic E-state index is 0.179. The standard InChI is InChI=1S/C4H10N3O/c1-4(6-3-5)7(2)8/h3,5H2,1-2H3/q-1. The van der Waals surface area contributed by atoms with Gasteiger partial charge in [0.25, 0.3) is 0 Å². The lowest BCUT2D eigenvalue weighted by atomic mass is 10.7. The van der Waals surface area contributed by atoms with Gasteiger partial charge < -0.3 is 16.0 Å². The second kappa shape index (κ2) is 3.40. The number of hydrogen-bond donors (Lipinski definition) is 1. The van der Waals surface area contributed by atoms with Crippen LogP contribution in [0.5, 0.6) is 0 Å². The summed E-state index contributed by atoms with van der Waals surface area (Å²) in [5.74, 6) is 0.410. The van der Waals surface area contributed by atoms with Gasteiger partial charge in [0, 0.05) is 0 Å². The van der Waals surface area contributed by atoms with Crippen LogP contribution in [0, 0.1) is 5.21 Å². The predicted octanol–water partition coefficient (Wildman–Crippen LogP) is -0.249. The van der Waals surface area contributed by atoms with Gasteiger partial charge in [-0.25, -0.2) is 0 Å². The number of hydrogen-bond acceptors (Lipinski definition) is 3. The van der Waals surface area contributed by atoms with Crippen LogP contribution in [0.1, 0.15) is 6.92 Å². The van der Waals surface area contributed by atoms with Gasteiger partial charge in [-0.1, -0.05) is 0 Å². The van der Waals surface area contributed by atoms with E-state index in [-0.39, 0.29) is 6.67 Å². The Labute approximate surface area is 48.6 Å². The lowest BCUT2D eigenvalue weighted by molar-refractivity contribution is 0.682. The van der Waals surface area contributed by atoms with Crippen molar-refractivity contribution >= 4 is 5.84 Å². The maximum atomic E-state index is 10.3. The lowest BCUT2D eigenvalue weighted by Gasteiger charge is -2.23. The van der Waals surface area contributed by atoms with E-state index in [9.17, 15) is 5.21 Å². The molecular weight excluding hydrogens is 106 g/mol. The monoisotopic (exact) mass is 116 g/mol. The summed E-state index contributed by atoms with van der Waals surface area (Å²) in [7, 11) is 1.38. The lowest BCUT2D eigenvalue weighted by Crippen LogP contribution is -2.17. The highest BCUT2D eigenvalue weighted by molar-refractivity contribution is 5.79. The Bertz CT molecular complexity index is 89.3. The maximum absolute atomic E-state index is 10.3. The molecule has 0 saturated heterocycles. The third kappa shape index (κ3) is 2.54. The summed E-state index contributed by atoms with van der Waals surface area (Å²) in [6, 6.07) is 0. The van der Waals surface area contributed by atoms with Gasteiger partial charge in [-0.3, -0.25) is 4.99 Å². The molecule has 48 valence electrons. The van der Waals surface area contributed by atoms with Crippen LogP contribution in [0.2, 0.25) is 0 Å². The van der Waals surface area contributed by atoms with Crippen LogP contribution >= 0.6 is 0 Å². The highest BCUT2D eigenvalue weighted by Crippen LogP contribution is 1.80. The van der Waals surface area contributed by atoms with Gasteiger partial charge in [0.2, 0.25) is 0 Å². The number of rotatable bonds is 1. The minimum atomic E-state index is 0.179. The molecule has 0 rings (SSSR count). The molecule has 0 atom stereocenters. The Balaban J connectivity index is 3.61. The Hall–Kier alpha value is -0.610. The van der Waals surface area contributed by atoms with Gasteiger partial charge in [-0.15, -0.1) is 0 Å². The maximum Gasteiger partial charge on any atom is 0.0879 e. The second-order valence-corrected chi connectivity index (χ2v) is 1.39. The first kappa shape index (κ1) is 7.39. The number of amidine groups is 1.